The van der Waals surface area contributed by atoms with E-state index >= 15 is 0 Å². The molecule has 0 saturated heterocycles. The fraction of sp³-hybridized carbons (Fsp3) is 0.800. The number of halogens is 1. The van der Waals surface area contributed by atoms with Crippen LogP contribution in [0.15, 0.2) is 0 Å². The Morgan fingerprint density at radius 2 is 2.44 bits per heavy atom. The van der Waals surface area contributed by atoms with E-state index in [1.807, 2.05) is 0 Å². The second-order valence-corrected chi connectivity index (χ2v) is 1.71. The Balaban J connectivity index is 3.26. The van der Waals surface area contributed by atoms with Crippen molar-refractivity contribution >= 4 is 6.09 Å². The highest BCUT2D eigenvalue weighted by Gasteiger charge is 2.05. The van der Waals surface area contributed by atoms with Crippen molar-refractivity contribution in [3.63, 3.8) is 0 Å². The van der Waals surface area contributed by atoms with E-state index in [0.29, 0.717) is 6.42 Å². The molecule has 0 aromatic rings. The van der Waals surface area contributed by atoms with Crippen molar-refractivity contribution in [1.82, 2.24) is 5.32 Å². The standard InChI is InChI=1S/C5H10FNO2/c1-2-3-4(6)7-5(8)9/h4,7H,2-3H2,1H3,(H,8,9). The Morgan fingerprint density at radius 1 is 1.89 bits per heavy atom. The average molecular weight is 135 g/mol. The van der Waals surface area contributed by atoms with Gasteiger partial charge >= 0.3 is 6.09 Å². The Bertz CT molecular complexity index is 97.0. The van der Waals surface area contributed by atoms with Crippen LogP contribution in [0.1, 0.15) is 19.8 Å². The van der Waals surface area contributed by atoms with Crippen LogP contribution < -0.4 is 5.32 Å². The molecule has 0 rings (SSSR count). The zero-order valence-corrected chi connectivity index (χ0v) is 5.22. The van der Waals surface area contributed by atoms with Gasteiger partial charge in [0.25, 0.3) is 0 Å². The van der Waals surface area contributed by atoms with Crippen LogP contribution in [0.5, 0.6) is 0 Å². The van der Waals surface area contributed by atoms with Crippen LogP contribution in [0.4, 0.5) is 9.18 Å². The number of carbonyl (C=O) groups is 1. The van der Waals surface area contributed by atoms with Crippen LogP contribution in [-0.2, 0) is 0 Å². The van der Waals surface area contributed by atoms with Crippen molar-refractivity contribution in [1.29, 1.82) is 0 Å². The first-order valence-corrected chi connectivity index (χ1v) is 2.80. The van der Waals surface area contributed by atoms with Gasteiger partial charge in [0.2, 0.25) is 0 Å². The molecule has 0 fully saturated rings. The van der Waals surface area contributed by atoms with E-state index in [9.17, 15) is 9.18 Å². The summed E-state index contributed by atoms with van der Waals surface area (Å²) in [6, 6.07) is 0. The zero-order chi connectivity index (χ0) is 7.28. The highest BCUT2D eigenvalue weighted by Crippen LogP contribution is 1.95. The summed E-state index contributed by atoms with van der Waals surface area (Å²) in [6.45, 7) is 1.79. The fourth-order valence-electron chi connectivity index (χ4n) is 0.460. The fourth-order valence-corrected chi connectivity index (χ4v) is 0.460. The lowest BCUT2D eigenvalue weighted by atomic mass is 10.3. The molecule has 1 atom stereocenters. The molecule has 0 aliphatic rings. The third-order valence-corrected chi connectivity index (χ3v) is 0.822. The molecule has 2 N–H and O–H groups in total. The molecule has 0 aliphatic heterocycles. The molecule has 9 heavy (non-hydrogen) atoms. The summed E-state index contributed by atoms with van der Waals surface area (Å²) < 4.78 is 12.2. The van der Waals surface area contributed by atoms with Crippen molar-refractivity contribution in [3.05, 3.63) is 0 Å². The smallest absolute Gasteiger partial charge is 0.406 e. The number of rotatable bonds is 3. The number of hydrogen-bond acceptors (Lipinski definition) is 1. The van der Waals surface area contributed by atoms with Crippen LogP contribution in [-0.4, -0.2) is 17.5 Å². The van der Waals surface area contributed by atoms with E-state index in [2.05, 4.69) is 0 Å². The number of hydrogen-bond donors (Lipinski definition) is 2. The summed E-state index contributed by atoms with van der Waals surface area (Å²) in [4.78, 5) is 9.73. The lowest BCUT2D eigenvalue weighted by molar-refractivity contribution is 0.169. The summed E-state index contributed by atoms with van der Waals surface area (Å²) in [5, 5.41) is 9.65. The highest BCUT2D eigenvalue weighted by molar-refractivity contribution is 5.64. The molecule has 54 valence electrons. The summed E-state index contributed by atoms with van der Waals surface area (Å²) in [5.41, 5.74) is 0. The molecule has 4 heteroatoms. The van der Waals surface area contributed by atoms with E-state index in [0.717, 1.165) is 0 Å². The Morgan fingerprint density at radius 3 is 2.78 bits per heavy atom. The van der Waals surface area contributed by atoms with E-state index in [-0.39, 0.29) is 6.42 Å². The predicted octanol–water partition coefficient (Wildman–Crippen LogP) is 1.35. The number of alkyl halides is 1. The zero-order valence-electron chi connectivity index (χ0n) is 5.22. The molecule has 0 heterocycles. The third-order valence-electron chi connectivity index (χ3n) is 0.822. The van der Waals surface area contributed by atoms with Crippen molar-refractivity contribution < 1.29 is 14.3 Å². The number of nitrogens with one attached hydrogen (secondary N) is 1. The van der Waals surface area contributed by atoms with E-state index < -0.39 is 12.4 Å². The molecule has 0 spiro atoms. The lowest BCUT2D eigenvalue weighted by Gasteiger charge is -2.03. The summed E-state index contributed by atoms with van der Waals surface area (Å²) in [5.74, 6) is 0. The van der Waals surface area contributed by atoms with Gasteiger partial charge in [0.1, 0.15) is 0 Å². The van der Waals surface area contributed by atoms with Crippen molar-refractivity contribution in [2.75, 3.05) is 0 Å². The van der Waals surface area contributed by atoms with Gasteiger partial charge in [-0.15, -0.1) is 0 Å². The Hall–Kier alpha value is -0.800. The van der Waals surface area contributed by atoms with E-state index in [1.54, 1.807) is 12.2 Å². The van der Waals surface area contributed by atoms with Gasteiger partial charge in [-0.25, -0.2) is 9.18 Å². The molecule has 3 nitrogen and oxygen atoms in total. The maximum absolute atomic E-state index is 12.2. The summed E-state index contributed by atoms with van der Waals surface area (Å²) >= 11 is 0. The lowest BCUT2D eigenvalue weighted by Crippen LogP contribution is -2.29. The van der Waals surface area contributed by atoms with Crippen LogP contribution in [0.3, 0.4) is 0 Å². The maximum atomic E-state index is 12.2. The minimum absolute atomic E-state index is 0.242. The molecule has 0 saturated carbocycles. The molecular weight excluding hydrogens is 125 g/mol. The van der Waals surface area contributed by atoms with Gasteiger partial charge in [-0.3, -0.25) is 5.32 Å². The van der Waals surface area contributed by atoms with Gasteiger partial charge in [0.15, 0.2) is 6.30 Å². The van der Waals surface area contributed by atoms with Gasteiger partial charge < -0.3 is 5.11 Å². The van der Waals surface area contributed by atoms with Gasteiger partial charge in [-0.2, -0.15) is 0 Å². The van der Waals surface area contributed by atoms with Gasteiger partial charge in [0, 0.05) is 0 Å². The monoisotopic (exact) mass is 135 g/mol. The average Bonchev–Trinajstić information content (AvgIpc) is 1.63. The first kappa shape index (κ1) is 8.20. The van der Waals surface area contributed by atoms with Crippen LogP contribution in [0.25, 0.3) is 0 Å². The normalized spacial score (nSPS) is 12.7. The maximum Gasteiger partial charge on any atom is 0.406 e. The first-order chi connectivity index (χ1) is 4.16. The van der Waals surface area contributed by atoms with E-state index in [4.69, 9.17) is 5.11 Å². The van der Waals surface area contributed by atoms with E-state index in [1.165, 1.54) is 0 Å². The van der Waals surface area contributed by atoms with Crippen LogP contribution >= 0.6 is 0 Å². The third kappa shape index (κ3) is 5.06. The number of carboxylic acid groups (broad SMARTS) is 1. The first-order valence-electron chi connectivity index (χ1n) is 2.80. The Kier molecular flexibility index (Phi) is 3.75. The van der Waals surface area contributed by atoms with Crippen LogP contribution in [0.2, 0.25) is 0 Å². The molecule has 0 bridgehead atoms. The largest absolute Gasteiger partial charge is 0.465 e. The second-order valence-electron chi connectivity index (χ2n) is 1.71. The highest BCUT2D eigenvalue weighted by atomic mass is 19.1. The molecule has 0 radical (unpaired) electrons. The topological polar surface area (TPSA) is 49.3 Å². The Labute approximate surface area is 52.9 Å². The minimum atomic E-state index is -1.41. The molecule has 1 amide bonds. The summed E-state index contributed by atoms with van der Waals surface area (Å²) in [7, 11) is 0. The SMILES string of the molecule is CCCC(F)NC(=O)O. The van der Waals surface area contributed by atoms with Gasteiger partial charge in [0.05, 0.1) is 0 Å². The van der Waals surface area contributed by atoms with Gasteiger partial charge in [-0.05, 0) is 6.42 Å². The number of amides is 1. The second kappa shape index (κ2) is 4.12. The van der Waals surface area contributed by atoms with Crippen LogP contribution in [0, 0.1) is 0 Å². The molecule has 0 aliphatic carbocycles. The van der Waals surface area contributed by atoms with Crippen molar-refractivity contribution in [2.24, 2.45) is 0 Å². The van der Waals surface area contributed by atoms with Crippen molar-refractivity contribution in [3.8, 4) is 0 Å². The molecule has 1 unspecified atom stereocenters. The summed E-state index contributed by atoms with van der Waals surface area (Å²) in [6.07, 6.45) is -1.84. The quantitative estimate of drug-likeness (QED) is 0.574. The predicted molar refractivity (Wildman–Crippen MR) is 31.0 cm³/mol. The minimum Gasteiger partial charge on any atom is -0.465 e. The van der Waals surface area contributed by atoms with Crippen molar-refractivity contribution in [2.45, 2.75) is 26.1 Å². The molecule has 0 aromatic carbocycles. The molecule has 0 aromatic heterocycles. The molecular formula is C5H10FNO2. The van der Waals surface area contributed by atoms with Gasteiger partial charge in [-0.1, -0.05) is 13.3 Å².